The van der Waals surface area contributed by atoms with Crippen LogP contribution >= 0.6 is 0 Å². The van der Waals surface area contributed by atoms with E-state index in [1.54, 1.807) is 14.2 Å². The molecule has 1 aliphatic rings. The van der Waals surface area contributed by atoms with Gasteiger partial charge in [0.1, 0.15) is 12.2 Å². The molecule has 0 aliphatic carbocycles. The lowest BCUT2D eigenvalue weighted by Gasteiger charge is -2.31. The summed E-state index contributed by atoms with van der Waals surface area (Å²) in [6.07, 6.45) is 0.0623. The van der Waals surface area contributed by atoms with Crippen LogP contribution in [-0.4, -0.2) is 103 Å². The van der Waals surface area contributed by atoms with Gasteiger partial charge in [-0.05, 0) is 19.4 Å². The summed E-state index contributed by atoms with van der Waals surface area (Å²) in [4.78, 5) is 2.50. The minimum atomic E-state index is 0.0300. The average molecular weight is 392 g/mol. The summed E-state index contributed by atoms with van der Waals surface area (Å²) >= 11 is 0. The first-order valence-electron chi connectivity index (χ1n) is 10.2. The molecule has 1 aliphatic heterocycles. The van der Waals surface area contributed by atoms with Crippen LogP contribution < -0.4 is 0 Å². The molecule has 4 atom stereocenters. The third-order valence-corrected chi connectivity index (χ3v) is 5.03. The Bertz CT molecular complexity index is 357. The van der Waals surface area contributed by atoms with Crippen LogP contribution in [0.2, 0.25) is 0 Å². The fourth-order valence-corrected chi connectivity index (χ4v) is 3.78. The number of ether oxygens (including phenoxy) is 6. The zero-order chi connectivity index (χ0) is 20.1. The molecule has 7 nitrogen and oxygen atoms in total. The van der Waals surface area contributed by atoms with Crippen LogP contribution in [0.25, 0.3) is 0 Å². The van der Waals surface area contributed by atoms with Crippen molar-refractivity contribution < 1.29 is 28.4 Å². The van der Waals surface area contributed by atoms with Gasteiger partial charge in [-0.2, -0.15) is 0 Å². The predicted octanol–water partition coefficient (Wildman–Crippen LogP) is 1.83. The fraction of sp³-hybridized carbons (Fsp3) is 1.00. The summed E-state index contributed by atoms with van der Waals surface area (Å²) in [5.74, 6) is 0.485. The Hall–Kier alpha value is -0.280. The lowest BCUT2D eigenvalue weighted by Crippen LogP contribution is -2.43. The molecule has 0 amide bonds. The van der Waals surface area contributed by atoms with Crippen molar-refractivity contribution in [1.82, 2.24) is 4.90 Å². The molecule has 0 saturated carbocycles. The molecule has 1 fully saturated rings. The summed E-state index contributed by atoms with van der Waals surface area (Å²) in [5.41, 5.74) is 0. The van der Waals surface area contributed by atoms with E-state index in [1.165, 1.54) is 0 Å². The number of nitrogens with zero attached hydrogens (tertiary/aromatic N) is 1. The van der Waals surface area contributed by atoms with Gasteiger partial charge in [0.05, 0.1) is 52.9 Å². The van der Waals surface area contributed by atoms with Crippen LogP contribution in [-0.2, 0) is 28.4 Å². The van der Waals surface area contributed by atoms with E-state index in [2.05, 4.69) is 32.6 Å². The van der Waals surface area contributed by atoms with Gasteiger partial charge in [-0.3, -0.25) is 4.90 Å². The highest BCUT2D eigenvalue weighted by Crippen LogP contribution is 2.33. The number of rotatable bonds is 16. The first-order chi connectivity index (χ1) is 13.1. The van der Waals surface area contributed by atoms with Gasteiger partial charge in [0.2, 0.25) is 0 Å². The van der Waals surface area contributed by atoms with Gasteiger partial charge in [0, 0.05) is 26.3 Å². The number of likely N-dealkylation sites (N-methyl/N-ethyl adjacent to an activating group) is 1. The van der Waals surface area contributed by atoms with Crippen molar-refractivity contribution >= 4 is 0 Å². The second-order valence-electron chi connectivity index (χ2n) is 7.19. The van der Waals surface area contributed by atoms with Gasteiger partial charge in [-0.15, -0.1) is 0 Å². The number of hydrogen-bond donors (Lipinski definition) is 0. The smallest absolute Gasteiger partial charge is 0.101 e. The number of methoxy groups -OCH3 is 2. The fourth-order valence-electron chi connectivity index (χ4n) is 3.78. The van der Waals surface area contributed by atoms with Crippen LogP contribution in [0.1, 0.15) is 27.7 Å². The molecule has 1 saturated heterocycles. The molecule has 0 bridgehead atoms. The Morgan fingerprint density at radius 2 is 1.22 bits per heavy atom. The molecular formula is C20H41NO6. The van der Waals surface area contributed by atoms with Crippen molar-refractivity contribution in [3.63, 3.8) is 0 Å². The van der Waals surface area contributed by atoms with E-state index in [0.717, 1.165) is 6.54 Å². The zero-order valence-electron chi connectivity index (χ0n) is 18.1. The number of likely N-dealkylation sites (tertiary alicyclic amines) is 1. The first-order valence-corrected chi connectivity index (χ1v) is 10.2. The Kier molecular flexibility index (Phi) is 13.5. The molecule has 0 N–H and O–H groups in total. The van der Waals surface area contributed by atoms with Crippen LogP contribution in [0.15, 0.2) is 0 Å². The molecular weight excluding hydrogens is 350 g/mol. The summed E-state index contributed by atoms with van der Waals surface area (Å²) in [7, 11) is 3.35. The van der Waals surface area contributed by atoms with Crippen LogP contribution in [0.5, 0.6) is 0 Å². The molecule has 1 unspecified atom stereocenters. The molecule has 0 aromatic rings. The van der Waals surface area contributed by atoms with E-state index in [4.69, 9.17) is 28.4 Å². The topological polar surface area (TPSA) is 58.6 Å². The zero-order valence-corrected chi connectivity index (χ0v) is 18.1. The lowest BCUT2D eigenvalue weighted by atomic mass is 9.98. The maximum atomic E-state index is 6.27. The third kappa shape index (κ3) is 8.31. The third-order valence-electron chi connectivity index (χ3n) is 5.03. The van der Waals surface area contributed by atoms with Crippen molar-refractivity contribution in [2.75, 3.05) is 73.6 Å². The SMILES string of the molecule is CCN1C(C)[C@H](OCCOCCOC)[C@@H](OCCOCCOC)[C@H]1C(C)C. The van der Waals surface area contributed by atoms with Crippen LogP contribution in [0, 0.1) is 5.92 Å². The van der Waals surface area contributed by atoms with E-state index in [1.807, 2.05) is 0 Å². The van der Waals surface area contributed by atoms with Crippen molar-refractivity contribution in [2.45, 2.75) is 52.0 Å². The summed E-state index contributed by atoms with van der Waals surface area (Å²) < 4.78 is 33.6. The van der Waals surface area contributed by atoms with Crippen LogP contribution in [0.4, 0.5) is 0 Å². The molecule has 7 heteroatoms. The lowest BCUT2D eigenvalue weighted by molar-refractivity contribution is -0.0919. The summed E-state index contributed by atoms with van der Waals surface area (Å²) in [5, 5.41) is 0. The van der Waals surface area contributed by atoms with E-state index in [9.17, 15) is 0 Å². The Morgan fingerprint density at radius 1 is 0.741 bits per heavy atom. The van der Waals surface area contributed by atoms with Gasteiger partial charge in [0.15, 0.2) is 0 Å². The van der Waals surface area contributed by atoms with Gasteiger partial charge < -0.3 is 28.4 Å². The van der Waals surface area contributed by atoms with Gasteiger partial charge >= 0.3 is 0 Å². The van der Waals surface area contributed by atoms with Crippen LogP contribution in [0.3, 0.4) is 0 Å². The Labute approximate surface area is 165 Å². The van der Waals surface area contributed by atoms with E-state index in [-0.39, 0.29) is 12.2 Å². The minimum Gasteiger partial charge on any atom is -0.382 e. The Morgan fingerprint density at radius 3 is 1.67 bits per heavy atom. The first kappa shape index (κ1) is 24.8. The highest BCUT2D eigenvalue weighted by molar-refractivity contribution is 5.01. The monoisotopic (exact) mass is 391 g/mol. The molecule has 1 rings (SSSR count). The second kappa shape index (κ2) is 14.7. The van der Waals surface area contributed by atoms with Crippen molar-refractivity contribution in [3.8, 4) is 0 Å². The van der Waals surface area contributed by atoms with Crippen molar-refractivity contribution in [2.24, 2.45) is 5.92 Å². The second-order valence-corrected chi connectivity index (χ2v) is 7.19. The molecule has 27 heavy (non-hydrogen) atoms. The van der Waals surface area contributed by atoms with E-state index >= 15 is 0 Å². The van der Waals surface area contributed by atoms with Crippen molar-refractivity contribution in [3.05, 3.63) is 0 Å². The Balaban J connectivity index is 2.56. The molecule has 0 aromatic heterocycles. The predicted molar refractivity (Wildman–Crippen MR) is 105 cm³/mol. The number of hydrogen-bond acceptors (Lipinski definition) is 7. The maximum absolute atomic E-state index is 6.27. The van der Waals surface area contributed by atoms with Crippen molar-refractivity contribution in [1.29, 1.82) is 0 Å². The van der Waals surface area contributed by atoms with Gasteiger partial charge in [-0.25, -0.2) is 0 Å². The molecule has 0 spiro atoms. The highest BCUT2D eigenvalue weighted by atomic mass is 16.6. The van der Waals surface area contributed by atoms with Gasteiger partial charge in [-0.1, -0.05) is 20.8 Å². The van der Waals surface area contributed by atoms with E-state index < -0.39 is 0 Å². The molecule has 1 heterocycles. The summed E-state index contributed by atoms with van der Waals surface area (Å²) in [6, 6.07) is 0.643. The molecule has 0 radical (unpaired) electrons. The molecule has 162 valence electrons. The summed E-state index contributed by atoms with van der Waals surface area (Å²) in [6.45, 7) is 14.6. The minimum absolute atomic E-state index is 0.0300. The molecule has 0 aromatic carbocycles. The average Bonchev–Trinajstić information content (AvgIpc) is 2.92. The normalized spacial score (nSPS) is 26.3. The maximum Gasteiger partial charge on any atom is 0.101 e. The quantitative estimate of drug-likeness (QED) is 0.372. The highest BCUT2D eigenvalue weighted by Gasteiger charge is 2.48. The standard InChI is InChI=1S/C20H41NO6/c1-7-21-17(4)19(26-14-12-24-10-8-22-5)20(18(21)16(2)3)27-15-13-25-11-9-23-6/h16-20H,7-15H2,1-6H3/t17?,18-,19+,20+/m1/s1. The largest absolute Gasteiger partial charge is 0.382 e. The van der Waals surface area contributed by atoms with Gasteiger partial charge in [0.25, 0.3) is 0 Å². The van der Waals surface area contributed by atoms with E-state index in [0.29, 0.717) is 70.9 Å².